The molecule has 2 fully saturated rings. The maximum Gasteiger partial charge on any atom is 0.416 e. The molecule has 4 aromatic carbocycles. The number of carboxylic acid groups (broad SMARTS) is 2. The Morgan fingerprint density at radius 2 is 0.895 bits per heavy atom. The highest BCUT2D eigenvalue weighted by molar-refractivity contribution is 7.19. The van der Waals surface area contributed by atoms with Gasteiger partial charge in [0, 0.05) is 35.2 Å². The second kappa shape index (κ2) is 26.6. The number of carboxylic acids is 2. The number of hydrogen-bond acceptors (Lipinski definition) is 14. The maximum atomic E-state index is 13.5. The summed E-state index contributed by atoms with van der Waals surface area (Å²) in [4.78, 5) is 50.8. The van der Waals surface area contributed by atoms with Crippen LogP contribution in [0.3, 0.4) is 0 Å². The van der Waals surface area contributed by atoms with Gasteiger partial charge in [0.2, 0.25) is 0 Å². The summed E-state index contributed by atoms with van der Waals surface area (Å²) in [5.74, 6) is -2.71. The molecule has 2 aliphatic rings. The smallest absolute Gasteiger partial charge is 0.416 e. The van der Waals surface area contributed by atoms with Crippen LogP contribution >= 0.6 is 22.7 Å². The van der Waals surface area contributed by atoms with Gasteiger partial charge in [0.1, 0.15) is 19.8 Å². The van der Waals surface area contributed by atoms with Gasteiger partial charge in [-0.15, -0.1) is 22.7 Å². The van der Waals surface area contributed by atoms with Gasteiger partial charge in [0.25, 0.3) is 11.8 Å². The molecule has 0 atom stereocenters. The number of carbonyl (C=O) groups is 4. The van der Waals surface area contributed by atoms with Crippen molar-refractivity contribution in [2.75, 3.05) is 39.6 Å². The lowest BCUT2D eigenvalue weighted by atomic mass is 10.0. The predicted octanol–water partition coefficient (Wildman–Crippen LogP) is 5.66. The Morgan fingerprint density at radius 1 is 0.558 bits per heavy atom. The Bertz CT molecular complexity index is 3400. The van der Waals surface area contributed by atoms with E-state index in [1.807, 2.05) is 47.5 Å². The summed E-state index contributed by atoms with van der Waals surface area (Å²) in [6.45, 7) is 2.33. The van der Waals surface area contributed by atoms with Crippen LogP contribution in [-0.4, -0.2) is 119 Å². The number of halogens is 6. The molecule has 14 N–H and O–H groups in total. The zero-order valence-corrected chi connectivity index (χ0v) is 48.1. The van der Waals surface area contributed by atoms with E-state index in [-0.39, 0.29) is 42.8 Å². The number of hydrogen-bond donors (Lipinski definition) is 11. The van der Waals surface area contributed by atoms with Gasteiger partial charge in [-0.25, -0.2) is 4.79 Å². The van der Waals surface area contributed by atoms with Crippen molar-refractivity contribution < 1.29 is 92.1 Å². The maximum absolute atomic E-state index is 13.5. The Hall–Kier alpha value is -7.50. The van der Waals surface area contributed by atoms with Crippen molar-refractivity contribution in [3.63, 3.8) is 0 Å². The third-order valence-electron chi connectivity index (χ3n) is 14.8. The zero-order valence-electron chi connectivity index (χ0n) is 46.5. The van der Waals surface area contributed by atoms with E-state index < -0.39 is 77.4 Å². The van der Waals surface area contributed by atoms with Crippen molar-refractivity contribution in [2.24, 2.45) is 5.73 Å². The minimum Gasteiger partial charge on any atom is -0.545 e. The lowest BCUT2D eigenvalue weighted by Gasteiger charge is -2.20. The number of aromatic carboxylic acids is 2. The quantitative estimate of drug-likeness (QED) is 0.0463. The highest BCUT2D eigenvalue weighted by atomic mass is 32.1. The summed E-state index contributed by atoms with van der Waals surface area (Å²) in [6, 6.07) is 26.7. The molecule has 4 aromatic heterocycles. The van der Waals surface area contributed by atoms with Crippen molar-refractivity contribution in [2.45, 2.75) is 87.1 Å². The van der Waals surface area contributed by atoms with Crippen molar-refractivity contribution in [3.8, 4) is 0 Å². The standard InChI is InChI=1S/2C26H21F3N2O3S.2C4H11NO3/c2*1-15-21(23(32)30-25(11-12-25)18-8-4-17(5-9-18)24(33)34)22-20(35-15)10-13-31(22)14-16-2-6-19(7-3-16)26(27,28)29;2*5-4(1-6,2-7)3-8/h2*2-10,13H,11-12,14H2,1H3,(H,30,32)(H,33,34);2*6-8H,1-3,5H2. The highest BCUT2D eigenvalue weighted by Crippen LogP contribution is 2.48. The number of aliphatic hydroxyl groups excluding tert-OH is 6. The number of rotatable bonds is 18. The molecule has 0 bridgehead atoms. The van der Waals surface area contributed by atoms with Crippen LogP contribution in [0, 0.1) is 13.8 Å². The van der Waals surface area contributed by atoms with Crippen LogP contribution in [0.4, 0.5) is 26.3 Å². The number of aliphatic hydroxyl groups is 6. The van der Waals surface area contributed by atoms with E-state index in [1.54, 1.807) is 24.3 Å². The molecule has 0 radical (unpaired) electrons. The van der Waals surface area contributed by atoms with E-state index in [0.717, 1.165) is 91.3 Å². The molecule has 4 heterocycles. The number of quaternary nitrogens is 1. The predicted molar refractivity (Wildman–Crippen MR) is 306 cm³/mol. The molecule has 2 saturated carbocycles. The lowest BCUT2D eigenvalue weighted by Crippen LogP contribution is -2.78. The van der Waals surface area contributed by atoms with Gasteiger partial charge in [-0.1, -0.05) is 60.7 Å². The summed E-state index contributed by atoms with van der Waals surface area (Å²) < 4.78 is 83.0. The fourth-order valence-corrected chi connectivity index (χ4v) is 11.2. The minimum atomic E-state index is -4.39. The number of nitrogens with zero attached hydrogens (tertiary/aromatic N) is 2. The van der Waals surface area contributed by atoms with Crippen LogP contribution in [0.2, 0.25) is 0 Å². The fraction of sp³-hybridized carbons (Fsp3) is 0.333. The normalized spacial score (nSPS) is 14.2. The first-order valence-electron chi connectivity index (χ1n) is 26.6. The van der Waals surface area contributed by atoms with E-state index in [9.17, 15) is 50.6 Å². The molecular formula is C60H64F6N6O12S2. The van der Waals surface area contributed by atoms with Gasteiger partial charge in [0.15, 0.2) is 5.54 Å². The van der Waals surface area contributed by atoms with E-state index in [2.05, 4.69) is 16.4 Å². The highest BCUT2D eigenvalue weighted by Gasteiger charge is 2.47. The number of nitrogens with one attached hydrogen (secondary N) is 2. The van der Waals surface area contributed by atoms with Gasteiger partial charge in [-0.3, -0.25) is 9.59 Å². The summed E-state index contributed by atoms with van der Waals surface area (Å²) >= 11 is 2.99. The van der Waals surface area contributed by atoms with Crippen molar-refractivity contribution >= 4 is 66.9 Å². The molecule has 2 amide bonds. The molecule has 460 valence electrons. The minimum absolute atomic E-state index is 0.0763. The number of nitrogens with two attached hydrogens (primary N) is 1. The topological polar surface area (TPSA) is 321 Å². The molecule has 26 heteroatoms. The van der Waals surface area contributed by atoms with E-state index in [0.29, 0.717) is 35.3 Å². The largest absolute Gasteiger partial charge is 0.545 e. The summed E-state index contributed by atoms with van der Waals surface area (Å²) in [7, 11) is 0. The average Bonchev–Trinajstić information content (AvgIpc) is 1.81. The Kier molecular flexibility index (Phi) is 20.4. The summed E-state index contributed by atoms with van der Waals surface area (Å²) in [5.41, 5.74) is 9.81. The third kappa shape index (κ3) is 15.4. The van der Waals surface area contributed by atoms with Crippen LogP contribution in [-0.2, 0) is 36.5 Å². The number of benzene rings is 4. The van der Waals surface area contributed by atoms with Gasteiger partial charge in [-0.05, 0) is 116 Å². The molecule has 10 rings (SSSR count). The Labute approximate surface area is 496 Å². The molecule has 0 unspecified atom stereocenters. The fourth-order valence-electron chi connectivity index (χ4n) is 9.10. The van der Waals surface area contributed by atoms with E-state index in [4.69, 9.17) is 41.5 Å². The molecule has 0 saturated heterocycles. The monoisotopic (exact) mass is 1240 g/mol. The number of fused-ring (bicyclic) bond motifs is 2. The van der Waals surface area contributed by atoms with Gasteiger partial charge < -0.3 is 76.9 Å². The lowest BCUT2D eigenvalue weighted by molar-refractivity contribution is -0.494. The molecule has 0 spiro atoms. The SMILES string of the molecule is Cc1sc2ccn(Cc3ccc(C(F)(F)F)cc3)c2c1C(=O)NC1(c2ccc(C(=O)O)cc2)CC1.Cc1sc2ccn(Cc3ccc(C(F)(F)F)cc3)c2c1C(=O)NC1(c2ccc(C(=O)[O-])cc2)CC1.NC(CO)(CO)CO.[NH3+]C(CO)(CO)CO. The Morgan fingerprint density at radius 3 is 1.15 bits per heavy atom. The molecule has 18 nitrogen and oxygen atoms in total. The molecular weight excluding hydrogens is 1170 g/mol. The van der Waals surface area contributed by atoms with E-state index in [1.165, 1.54) is 71.2 Å². The first-order chi connectivity index (χ1) is 40.5. The number of alkyl halides is 6. The van der Waals surface area contributed by atoms with Crippen molar-refractivity contribution in [3.05, 3.63) is 187 Å². The van der Waals surface area contributed by atoms with E-state index >= 15 is 0 Å². The molecule has 2 aliphatic carbocycles. The third-order valence-corrected chi connectivity index (χ3v) is 16.9. The number of amides is 2. The van der Waals surface area contributed by atoms with Gasteiger partial charge in [-0.2, -0.15) is 26.3 Å². The summed E-state index contributed by atoms with van der Waals surface area (Å²) in [6.07, 6.45) is -2.12. The Balaban J connectivity index is 0.000000197. The first kappa shape index (κ1) is 66.0. The van der Waals surface area contributed by atoms with Crippen LogP contribution in [0.5, 0.6) is 0 Å². The van der Waals surface area contributed by atoms with Crippen LogP contribution in [0.1, 0.15) is 110 Å². The number of thiophene rings is 2. The van der Waals surface area contributed by atoms with Crippen LogP contribution in [0.15, 0.2) is 122 Å². The van der Waals surface area contributed by atoms with Gasteiger partial charge >= 0.3 is 18.3 Å². The van der Waals surface area contributed by atoms with Gasteiger partial charge in [0.05, 0.1) is 90.7 Å². The summed E-state index contributed by atoms with van der Waals surface area (Å²) in [5, 5.41) is 76.7. The van der Waals surface area contributed by atoms with Crippen LogP contribution < -0.4 is 27.2 Å². The molecule has 0 aliphatic heterocycles. The average molecular weight is 1240 g/mol. The molecule has 86 heavy (non-hydrogen) atoms. The molecule has 8 aromatic rings. The number of aromatic nitrogens is 2. The van der Waals surface area contributed by atoms with Crippen LogP contribution in [0.25, 0.3) is 20.4 Å². The first-order valence-corrected chi connectivity index (χ1v) is 28.2. The van der Waals surface area contributed by atoms with Crippen molar-refractivity contribution in [1.82, 2.24) is 19.8 Å². The second-order valence-corrected chi connectivity index (χ2v) is 23.9. The number of carbonyl (C=O) groups excluding carboxylic acids is 3. The van der Waals surface area contributed by atoms with Crippen molar-refractivity contribution in [1.29, 1.82) is 0 Å². The second-order valence-electron chi connectivity index (χ2n) is 21.4. The zero-order chi connectivity index (χ0) is 63.2. The number of aryl methyl sites for hydroxylation is 2.